The van der Waals surface area contributed by atoms with Gasteiger partial charge in [0.05, 0.1) is 25.7 Å². The Kier molecular flexibility index (Phi) is 9.30. The second kappa shape index (κ2) is 12.4. The average Bonchev–Trinajstić information content (AvgIpc) is 2.86. The number of amides is 2. The number of hydrogen-bond acceptors (Lipinski definition) is 7. The highest BCUT2D eigenvalue weighted by molar-refractivity contribution is 7.99. The number of carbonyl (C=O) groups excluding carboxylic acids is 2. The summed E-state index contributed by atoms with van der Waals surface area (Å²) < 4.78 is 10.6. The normalized spacial score (nSPS) is 11.5. The number of anilines is 1. The first kappa shape index (κ1) is 27.0. The van der Waals surface area contributed by atoms with E-state index < -0.39 is 6.04 Å². The fourth-order valence-electron chi connectivity index (χ4n) is 3.66. The van der Waals surface area contributed by atoms with Crippen molar-refractivity contribution in [2.24, 2.45) is 0 Å². The van der Waals surface area contributed by atoms with Gasteiger partial charge in [0.15, 0.2) is 5.16 Å². The van der Waals surface area contributed by atoms with Crippen LogP contribution in [-0.2, 0) is 16.1 Å². The number of hydrogen-bond donors (Lipinski definition) is 1. The first-order valence-corrected chi connectivity index (χ1v) is 12.5. The van der Waals surface area contributed by atoms with Crippen molar-refractivity contribution < 1.29 is 19.1 Å². The SMILES string of the molecule is COc1ccc(NC(=O)C(C)N(Cc2ccccc2C)C(=O)CSc2nc(C)cc(C)n2)c(OC)c1. The van der Waals surface area contributed by atoms with Gasteiger partial charge in [-0.05, 0) is 57.0 Å². The monoisotopic (exact) mass is 508 g/mol. The summed E-state index contributed by atoms with van der Waals surface area (Å²) in [6.45, 7) is 7.80. The third-order valence-electron chi connectivity index (χ3n) is 5.72. The van der Waals surface area contributed by atoms with Crippen LogP contribution in [0.25, 0.3) is 0 Å². The number of thioether (sulfide) groups is 1. The average molecular weight is 509 g/mol. The summed E-state index contributed by atoms with van der Waals surface area (Å²) in [5, 5.41) is 3.43. The standard InChI is InChI=1S/C27H32N4O4S/c1-17-9-7-8-10-21(17)15-31(25(32)16-36-27-28-18(2)13-19(3)29-27)20(4)26(33)30-23-12-11-22(34-5)14-24(23)35-6/h7-14,20H,15-16H2,1-6H3,(H,30,33). The Morgan fingerprint density at radius 3 is 2.33 bits per heavy atom. The van der Waals surface area contributed by atoms with Crippen LogP contribution in [0.5, 0.6) is 11.5 Å². The molecule has 36 heavy (non-hydrogen) atoms. The van der Waals surface area contributed by atoms with Gasteiger partial charge in [0.1, 0.15) is 17.5 Å². The highest BCUT2D eigenvalue weighted by atomic mass is 32.2. The topological polar surface area (TPSA) is 93.7 Å². The van der Waals surface area contributed by atoms with Gasteiger partial charge >= 0.3 is 0 Å². The van der Waals surface area contributed by atoms with Crippen LogP contribution in [0.4, 0.5) is 5.69 Å². The lowest BCUT2D eigenvalue weighted by Crippen LogP contribution is -2.46. The molecule has 1 heterocycles. The fraction of sp³-hybridized carbons (Fsp3) is 0.333. The molecule has 8 nitrogen and oxygen atoms in total. The van der Waals surface area contributed by atoms with E-state index in [2.05, 4.69) is 15.3 Å². The molecule has 0 bridgehead atoms. The van der Waals surface area contributed by atoms with Crippen LogP contribution in [0, 0.1) is 20.8 Å². The molecule has 1 N–H and O–H groups in total. The van der Waals surface area contributed by atoms with Crippen molar-refractivity contribution >= 4 is 29.3 Å². The zero-order chi connectivity index (χ0) is 26.2. The quantitative estimate of drug-likeness (QED) is 0.317. The van der Waals surface area contributed by atoms with E-state index in [1.165, 1.54) is 18.9 Å². The molecule has 0 aliphatic heterocycles. The Labute approximate surface area is 216 Å². The lowest BCUT2D eigenvalue weighted by atomic mass is 10.1. The van der Waals surface area contributed by atoms with Crippen molar-refractivity contribution in [3.05, 3.63) is 71.0 Å². The third-order valence-corrected chi connectivity index (χ3v) is 6.55. The van der Waals surface area contributed by atoms with Gasteiger partial charge in [-0.1, -0.05) is 36.0 Å². The fourth-order valence-corrected chi connectivity index (χ4v) is 4.50. The zero-order valence-corrected chi connectivity index (χ0v) is 22.3. The van der Waals surface area contributed by atoms with E-state index in [4.69, 9.17) is 9.47 Å². The highest BCUT2D eigenvalue weighted by Crippen LogP contribution is 2.29. The van der Waals surface area contributed by atoms with Crippen molar-refractivity contribution in [1.29, 1.82) is 0 Å². The lowest BCUT2D eigenvalue weighted by molar-refractivity contribution is -0.136. The summed E-state index contributed by atoms with van der Waals surface area (Å²) in [6.07, 6.45) is 0. The summed E-state index contributed by atoms with van der Waals surface area (Å²) in [5.41, 5.74) is 4.20. The van der Waals surface area contributed by atoms with Gasteiger partial charge < -0.3 is 19.7 Å². The van der Waals surface area contributed by atoms with Crippen LogP contribution >= 0.6 is 11.8 Å². The molecule has 1 atom stereocenters. The molecule has 0 saturated carbocycles. The number of aromatic nitrogens is 2. The van der Waals surface area contributed by atoms with Crippen LogP contribution in [0.3, 0.4) is 0 Å². The molecule has 1 aromatic heterocycles. The Morgan fingerprint density at radius 2 is 1.69 bits per heavy atom. The van der Waals surface area contributed by atoms with E-state index in [0.717, 1.165) is 22.5 Å². The minimum absolute atomic E-state index is 0.109. The van der Waals surface area contributed by atoms with Gasteiger partial charge in [0.2, 0.25) is 11.8 Å². The van der Waals surface area contributed by atoms with Crippen molar-refractivity contribution in [3.63, 3.8) is 0 Å². The minimum atomic E-state index is -0.746. The number of aryl methyl sites for hydroxylation is 3. The first-order chi connectivity index (χ1) is 17.2. The van der Waals surface area contributed by atoms with E-state index in [1.807, 2.05) is 51.1 Å². The number of rotatable bonds is 10. The molecule has 0 saturated heterocycles. The van der Waals surface area contributed by atoms with Crippen LogP contribution in [0.1, 0.15) is 29.4 Å². The molecule has 2 amide bonds. The summed E-state index contributed by atoms with van der Waals surface area (Å²) in [7, 11) is 3.08. The zero-order valence-electron chi connectivity index (χ0n) is 21.5. The maximum atomic E-state index is 13.4. The number of ether oxygens (including phenoxy) is 2. The largest absolute Gasteiger partial charge is 0.497 e. The molecule has 0 aliphatic carbocycles. The number of nitrogens with zero attached hydrogens (tertiary/aromatic N) is 3. The summed E-state index contributed by atoms with van der Waals surface area (Å²) in [4.78, 5) is 37.1. The van der Waals surface area contributed by atoms with Crippen LogP contribution < -0.4 is 14.8 Å². The predicted octanol–water partition coefficient (Wildman–Crippen LogP) is 4.57. The van der Waals surface area contributed by atoms with Gasteiger partial charge in [0, 0.05) is 24.0 Å². The summed E-state index contributed by atoms with van der Waals surface area (Å²) >= 11 is 1.26. The van der Waals surface area contributed by atoms with Crippen molar-refractivity contribution in [2.75, 3.05) is 25.3 Å². The molecule has 3 aromatic rings. The van der Waals surface area contributed by atoms with Crippen molar-refractivity contribution in [2.45, 2.75) is 45.4 Å². The molecule has 2 aromatic carbocycles. The number of methoxy groups -OCH3 is 2. The van der Waals surface area contributed by atoms with Gasteiger partial charge in [-0.3, -0.25) is 9.59 Å². The predicted molar refractivity (Wildman–Crippen MR) is 142 cm³/mol. The van der Waals surface area contributed by atoms with Crippen molar-refractivity contribution in [3.8, 4) is 11.5 Å². The van der Waals surface area contributed by atoms with Crippen LogP contribution in [0.2, 0.25) is 0 Å². The summed E-state index contributed by atoms with van der Waals surface area (Å²) in [5.74, 6) is 0.677. The van der Waals surface area contributed by atoms with E-state index >= 15 is 0 Å². The molecule has 0 spiro atoms. The number of nitrogens with one attached hydrogen (secondary N) is 1. The first-order valence-electron chi connectivity index (χ1n) is 11.5. The smallest absolute Gasteiger partial charge is 0.247 e. The second-order valence-corrected chi connectivity index (χ2v) is 9.34. The Morgan fingerprint density at radius 1 is 1.00 bits per heavy atom. The molecule has 3 rings (SSSR count). The molecule has 9 heteroatoms. The number of benzene rings is 2. The maximum Gasteiger partial charge on any atom is 0.247 e. The van der Waals surface area contributed by atoms with Gasteiger partial charge in [-0.15, -0.1) is 0 Å². The Bertz CT molecular complexity index is 1210. The number of carbonyl (C=O) groups is 2. The summed E-state index contributed by atoms with van der Waals surface area (Å²) in [6, 6.07) is 14.1. The molecular weight excluding hydrogens is 476 g/mol. The van der Waals surface area contributed by atoms with Gasteiger partial charge in [-0.25, -0.2) is 9.97 Å². The van der Waals surface area contributed by atoms with Crippen LogP contribution in [0.15, 0.2) is 53.7 Å². The lowest BCUT2D eigenvalue weighted by Gasteiger charge is -2.29. The van der Waals surface area contributed by atoms with E-state index in [-0.39, 0.29) is 17.6 Å². The molecule has 1 unspecified atom stereocenters. The Balaban J connectivity index is 1.82. The maximum absolute atomic E-state index is 13.4. The second-order valence-electron chi connectivity index (χ2n) is 8.40. The van der Waals surface area contributed by atoms with Crippen LogP contribution in [-0.4, -0.2) is 52.7 Å². The highest BCUT2D eigenvalue weighted by Gasteiger charge is 2.27. The molecule has 190 valence electrons. The van der Waals surface area contributed by atoms with Crippen molar-refractivity contribution in [1.82, 2.24) is 14.9 Å². The molecule has 0 fully saturated rings. The molecular formula is C27H32N4O4S. The third kappa shape index (κ3) is 6.97. The van der Waals surface area contributed by atoms with E-state index in [9.17, 15) is 9.59 Å². The van der Waals surface area contributed by atoms with E-state index in [0.29, 0.717) is 28.9 Å². The van der Waals surface area contributed by atoms with Gasteiger partial charge in [0.25, 0.3) is 0 Å². The molecule has 0 aliphatic rings. The molecule has 0 radical (unpaired) electrons. The van der Waals surface area contributed by atoms with Gasteiger partial charge in [-0.2, -0.15) is 0 Å². The minimum Gasteiger partial charge on any atom is -0.497 e. The Hall–Kier alpha value is -3.59. The van der Waals surface area contributed by atoms with E-state index in [1.54, 1.807) is 37.1 Å².